The standard InChI is InChI=1S/C53H97NO7/c1-6-8-10-12-14-16-18-20-22-23-24-25-26-27-28-30-31-33-35-37-39-41-43-51(55)60-48-49(47-59-46-45-50(53(57)58)54(3,4)5)61-52(56)44-42-40-38-36-34-32-29-21-19-17-15-13-11-9-7-2/h15,17,19,21,26-27,49-50H,6-14,16,18,20,22-25,28-48H2,1-5H3/p+1/b17-15+,21-19+,27-26+. The third-order valence-corrected chi connectivity index (χ3v) is 11.5. The van der Waals surface area contributed by atoms with E-state index in [9.17, 15) is 19.5 Å². The summed E-state index contributed by atoms with van der Waals surface area (Å²) in [4.78, 5) is 37.1. The number of hydrogen-bond acceptors (Lipinski definition) is 6. The Morgan fingerprint density at radius 1 is 0.492 bits per heavy atom. The maximum absolute atomic E-state index is 12.8. The smallest absolute Gasteiger partial charge is 0.362 e. The number of allylic oxidation sites excluding steroid dienone is 6. The largest absolute Gasteiger partial charge is 0.477 e. The van der Waals surface area contributed by atoms with Gasteiger partial charge in [0.25, 0.3) is 0 Å². The number of carbonyl (C=O) groups is 3. The van der Waals surface area contributed by atoms with E-state index in [1.165, 1.54) is 141 Å². The Hall–Kier alpha value is -2.45. The first-order chi connectivity index (χ1) is 29.6. The predicted octanol–water partition coefficient (Wildman–Crippen LogP) is 14.6. The third kappa shape index (κ3) is 42.6. The summed E-state index contributed by atoms with van der Waals surface area (Å²) in [5, 5.41) is 9.64. The first-order valence-electron chi connectivity index (χ1n) is 25.5. The molecule has 0 bridgehead atoms. The van der Waals surface area contributed by atoms with Gasteiger partial charge in [-0.3, -0.25) is 9.59 Å². The minimum Gasteiger partial charge on any atom is -0.477 e. The Bertz CT molecular complexity index is 1090. The second-order valence-corrected chi connectivity index (χ2v) is 18.4. The zero-order valence-corrected chi connectivity index (χ0v) is 40.6. The molecule has 0 rings (SSSR count). The molecule has 0 amide bonds. The normalized spacial score (nSPS) is 13.1. The van der Waals surface area contributed by atoms with E-state index < -0.39 is 18.1 Å². The summed E-state index contributed by atoms with van der Waals surface area (Å²) in [5.74, 6) is -1.48. The van der Waals surface area contributed by atoms with E-state index in [-0.39, 0.29) is 36.2 Å². The zero-order valence-electron chi connectivity index (χ0n) is 40.6. The van der Waals surface area contributed by atoms with E-state index >= 15 is 0 Å². The number of quaternary nitrogens is 1. The van der Waals surface area contributed by atoms with Gasteiger partial charge in [-0.15, -0.1) is 0 Å². The summed E-state index contributed by atoms with van der Waals surface area (Å²) in [5.41, 5.74) is 0. The van der Waals surface area contributed by atoms with Crippen molar-refractivity contribution in [1.29, 1.82) is 0 Å². The Labute approximate surface area is 376 Å². The lowest BCUT2D eigenvalue weighted by molar-refractivity contribution is -0.887. The molecule has 356 valence electrons. The van der Waals surface area contributed by atoms with E-state index in [2.05, 4.69) is 50.3 Å². The molecule has 0 heterocycles. The zero-order chi connectivity index (χ0) is 44.9. The number of aliphatic carboxylic acids is 1. The molecular formula is C53H98NO7+. The van der Waals surface area contributed by atoms with Crippen LogP contribution in [0.1, 0.15) is 232 Å². The monoisotopic (exact) mass is 861 g/mol. The van der Waals surface area contributed by atoms with Crippen LogP contribution in [0.2, 0.25) is 0 Å². The number of unbranched alkanes of at least 4 members (excludes halogenated alkanes) is 27. The van der Waals surface area contributed by atoms with Gasteiger partial charge >= 0.3 is 17.9 Å². The van der Waals surface area contributed by atoms with E-state index in [0.717, 1.165) is 57.8 Å². The van der Waals surface area contributed by atoms with Crippen LogP contribution in [-0.2, 0) is 28.6 Å². The fourth-order valence-electron chi connectivity index (χ4n) is 7.55. The van der Waals surface area contributed by atoms with Gasteiger partial charge in [0, 0.05) is 19.3 Å². The van der Waals surface area contributed by atoms with Gasteiger partial charge in [0.2, 0.25) is 0 Å². The number of likely N-dealkylation sites (N-methyl/N-ethyl adjacent to an activating group) is 1. The van der Waals surface area contributed by atoms with Crippen molar-refractivity contribution in [3.63, 3.8) is 0 Å². The number of ether oxygens (including phenoxy) is 3. The molecule has 0 saturated heterocycles. The number of carbonyl (C=O) groups excluding carboxylic acids is 2. The van der Waals surface area contributed by atoms with Crippen LogP contribution in [-0.4, -0.2) is 80.6 Å². The van der Waals surface area contributed by atoms with Crippen molar-refractivity contribution in [2.24, 2.45) is 0 Å². The minimum atomic E-state index is -0.876. The van der Waals surface area contributed by atoms with Crippen molar-refractivity contribution in [1.82, 2.24) is 0 Å². The number of carboxylic acids is 1. The quantitative estimate of drug-likeness (QED) is 0.0214. The van der Waals surface area contributed by atoms with Crippen molar-refractivity contribution in [3.05, 3.63) is 36.5 Å². The van der Waals surface area contributed by atoms with Crippen molar-refractivity contribution < 1.29 is 38.2 Å². The summed E-state index contributed by atoms with van der Waals surface area (Å²) in [6.07, 6.45) is 51.9. The number of hydrogen-bond donors (Lipinski definition) is 1. The molecule has 0 aromatic heterocycles. The minimum absolute atomic E-state index is 0.0563. The first kappa shape index (κ1) is 58.6. The molecule has 0 saturated carbocycles. The number of rotatable bonds is 46. The highest BCUT2D eigenvalue weighted by molar-refractivity contribution is 5.72. The highest BCUT2D eigenvalue weighted by atomic mass is 16.6. The SMILES string of the molecule is CCCCC/C=C/C=C/CCCCCCCCC(=O)OC(COCCC(C(=O)O)[N+](C)(C)C)COC(=O)CCCCCCCCC/C=C/CCCCCCCCCCCCC. The maximum atomic E-state index is 12.8. The molecule has 0 aromatic rings. The molecule has 8 nitrogen and oxygen atoms in total. The molecule has 2 atom stereocenters. The average Bonchev–Trinajstić information content (AvgIpc) is 3.22. The third-order valence-electron chi connectivity index (χ3n) is 11.5. The van der Waals surface area contributed by atoms with Crippen LogP contribution in [0.15, 0.2) is 36.5 Å². The fraction of sp³-hybridized carbons (Fsp3) is 0.830. The summed E-state index contributed by atoms with van der Waals surface area (Å²) < 4.78 is 17.3. The van der Waals surface area contributed by atoms with Gasteiger partial charge in [-0.25, -0.2) is 4.79 Å². The van der Waals surface area contributed by atoms with E-state index in [0.29, 0.717) is 19.3 Å². The van der Waals surface area contributed by atoms with Gasteiger partial charge in [0.15, 0.2) is 12.1 Å². The Balaban J connectivity index is 4.22. The van der Waals surface area contributed by atoms with E-state index in [1.54, 1.807) is 0 Å². The summed E-state index contributed by atoms with van der Waals surface area (Å²) in [7, 11) is 5.53. The van der Waals surface area contributed by atoms with Gasteiger partial charge in [0.05, 0.1) is 34.4 Å². The van der Waals surface area contributed by atoms with Crippen LogP contribution in [0.5, 0.6) is 0 Å². The number of esters is 2. The molecule has 0 aliphatic rings. The summed E-state index contributed by atoms with van der Waals surface area (Å²) in [6.45, 7) is 4.72. The van der Waals surface area contributed by atoms with Crippen LogP contribution >= 0.6 is 0 Å². The molecule has 0 aliphatic heterocycles. The molecule has 1 N–H and O–H groups in total. The Kier molecular flexibility index (Phi) is 42.4. The predicted molar refractivity (Wildman–Crippen MR) is 257 cm³/mol. The number of carboxylic acid groups (broad SMARTS) is 1. The molecule has 8 heteroatoms. The van der Waals surface area contributed by atoms with Crippen LogP contribution in [0.4, 0.5) is 0 Å². The molecule has 0 aliphatic carbocycles. The van der Waals surface area contributed by atoms with E-state index in [1.807, 2.05) is 21.1 Å². The molecule has 0 aromatic carbocycles. The molecule has 0 radical (unpaired) electrons. The van der Waals surface area contributed by atoms with Crippen molar-refractivity contribution in [2.45, 2.75) is 244 Å². The second-order valence-electron chi connectivity index (χ2n) is 18.4. The maximum Gasteiger partial charge on any atom is 0.362 e. The molecule has 0 spiro atoms. The van der Waals surface area contributed by atoms with Crippen LogP contribution in [0.25, 0.3) is 0 Å². The molecule has 61 heavy (non-hydrogen) atoms. The Morgan fingerprint density at radius 2 is 0.869 bits per heavy atom. The van der Waals surface area contributed by atoms with Crippen molar-refractivity contribution in [3.8, 4) is 0 Å². The van der Waals surface area contributed by atoms with Crippen molar-refractivity contribution in [2.75, 3.05) is 41.0 Å². The fourth-order valence-corrected chi connectivity index (χ4v) is 7.55. The molecule has 0 fully saturated rings. The Morgan fingerprint density at radius 3 is 1.31 bits per heavy atom. The lowest BCUT2D eigenvalue weighted by Crippen LogP contribution is -2.50. The van der Waals surface area contributed by atoms with Gasteiger partial charge in [-0.1, -0.05) is 185 Å². The topological polar surface area (TPSA) is 99.1 Å². The summed E-state index contributed by atoms with van der Waals surface area (Å²) in [6, 6.07) is -0.617. The summed E-state index contributed by atoms with van der Waals surface area (Å²) >= 11 is 0. The van der Waals surface area contributed by atoms with Crippen molar-refractivity contribution >= 4 is 17.9 Å². The number of nitrogens with zero attached hydrogens (tertiary/aromatic N) is 1. The lowest BCUT2D eigenvalue weighted by atomic mass is 10.0. The lowest BCUT2D eigenvalue weighted by Gasteiger charge is -2.31. The van der Waals surface area contributed by atoms with Gasteiger partial charge < -0.3 is 23.8 Å². The molecular weight excluding hydrogens is 763 g/mol. The van der Waals surface area contributed by atoms with Crippen LogP contribution in [0.3, 0.4) is 0 Å². The van der Waals surface area contributed by atoms with Gasteiger partial charge in [0.1, 0.15) is 6.61 Å². The molecule has 2 unspecified atom stereocenters. The highest BCUT2D eigenvalue weighted by Gasteiger charge is 2.31. The second kappa shape index (κ2) is 44.2. The van der Waals surface area contributed by atoms with E-state index in [4.69, 9.17) is 14.2 Å². The van der Waals surface area contributed by atoms with Crippen LogP contribution in [0, 0.1) is 0 Å². The van der Waals surface area contributed by atoms with Crippen LogP contribution < -0.4 is 0 Å². The van der Waals surface area contributed by atoms with Gasteiger partial charge in [-0.2, -0.15) is 0 Å². The van der Waals surface area contributed by atoms with Gasteiger partial charge in [-0.05, 0) is 64.2 Å². The first-order valence-corrected chi connectivity index (χ1v) is 25.5. The average molecular weight is 861 g/mol. The highest BCUT2D eigenvalue weighted by Crippen LogP contribution is 2.15.